The molecular weight excluding hydrogens is 588 g/mol. The van der Waals surface area contributed by atoms with Crippen molar-refractivity contribution in [3.05, 3.63) is 45.6 Å². The number of hydrogen-bond donors (Lipinski definition) is 3. The van der Waals surface area contributed by atoms with Gasteiger partial charge in [0, 0.05) is 33.1 Å². The first-order valence-electron chi connectivity index (χ1n) is 14.5. The molecule has 0 bridgehead atoms. The lowest BCUT2D eigenvalue weighted by Crippen LogP contribution is -2.46. The van der Waals surface area contributed by atoms with Crippen molar-refractivity contribution in [2.75, 3.05) is 53.0 Å². The standard InChI is InChI=1S/C31H44N4O8S/c1-9-18(2)28(31(38)32-14-15-44(39,40)35(4)5)34-24-13-11-21-22(17-25(24)37)23(33-19(3)36)12-10-20-16-26(41-6)29(42-7)30(43-8)27(20)21/h11,13,16-18,23,28H,9-10,12,14-15H2,1-8H3,(H,32,38)(H,33,36)(H,34,37). The zero-order valence-corrected chi connectivity index (χ0v) is 27.5. The molecule has 0 aromatic heterocycles. The molecular formula is C31H44N4O8S. The Balaban J connectivity index is 2.14. The van der Waals surface area contributed by atoms with E-state index in [1.807, 2.05) is 19.9 Å². The van der Waals surface area contributed by atoms with Crippen LogP contribution in [-0.2, 0) is 26.0 Å². The van der Waals surface area contributed by atoms with E-state index >= 15 is 0 Å². The van der Waals surface area contributed by atoms with Crippen molar-refractivity contribution in [1.29, 1.82) is 0 Å². The van der Waals surface area contributed by atoms with E-state index in [0.717, 1.165) is 9.87 Å². The van der Waals surface area contributed by atoms with Crippen molar-refractivity contribution in [3.63, 3.8) is 0 Å². The fourth-order valence-electron chi connectivity index (χ4n) is 5.29. The summed E-state index contributed by atoms with van der Waals surface area (Å²) in [5, 5.41) is 8.81. The Morgan fingerprint density at radius 3 is 2.32 bits per heavy atom. The maximum Gasteiger partial charge on any atom is 0.242 e. The Kier molecular flexibility index (Phi) is 11.6. The van der Waals surface area contributed by atoms with Crippen molar-refractivity contribution in [3.8, 4) is 28.4 Å². The molecule has 0 radical (unpaired) electrons. The van der Waals surface area contributed by atoms with Crippen molar-refractivity contribution < 1.29 is 32.2 Å². The number of nitrogens with zero attached hydrogens (tertiary/aromatic N) is 1. The second-order valence-corrected chi connectivity index (χ2v) is 13.3. The highest BCUT2D eigenvalue weighted by Gasteiger charge is 2.30. The summed E-state index contributed by atoms with van der Waals surface area (Å²) in [4.78, 5) is 39.2. The Labute approximate surface area is 259 Å². The highest BCUT2D eigenvalue weighted by molar-refractivity contribution is 7.89. The number of nitrogens with one attached hydrogen (secondary N) is 3. The maximum absolute atomic E-state index is 13.7. The number of carbonyl (C=O) groups is 2. The minimum Gasteiger partial charge on any atom is -0.493 e. The van der Waals surface area contributed by atoms with Gasteiger partial charge < -0.3 is 30.2 Å². The summed E-state index contributed by atoms with van der Waals surface area (Å²) in [6.45, 7) is 5.16. The Bertz CT molecular complexity index is 1540. The van der Waals surface area contributed by atoms with Crippen LogP contribution in [0.25, 0.3) is 11.1 Å². The number of rotatable bonds is 13. The second kappa shape index (κ2) is 14.8. The highest BCUT2D eigenvalue weighted by atomic mass is 32.2. The Morgan fingerprint density at radius 1 is 1.07 bits per heavy atom. The summed E-state index contributed by atoms with van der Waals surface area (Å²) in [5.41, 5.74) is 2.68. The number of amides is 2. The number of sulfonamides is 1. The molecule has 2 aromatic rings. The summed E-state index contributed by atoms with van der Waals surface area (Å²) in [6, 6.07) is 5.48. The van der Waals surface area contributed by atoms with Crippen molar-refractivity contribution >= 4 is 27.5 Å². The summed E-state index contributed by atoms with van der Waals surface area (Å²) < 4.78 is 42.5. The van der Waals surface area contributed by atoms with E-state index in [9.17, 15) is 22.8 Å². The van der Waals surface area contributed by atoms with Crippen LogP contribution in [-0.4, -0.2) is 78.3 Å². The summed E-state index contributed by atoms with van der Waals surface area (Å²) in [5.74, 6) is 0.234. The van der Waals surface area contributed by atoms with E-state index in [-0.39, 0.29) is 35.2 Å². The molecule has 0 fully saturated rings. The van der Waals surface area contributed by atoms with Crippen LogP contribution >= 0.6 is 0 Å². The normalized spacial score (nSPS) is 15.6. The van der Waals surface area contributed by atoms with Gasteiger partial charge in [-0.15, -0.1) is 0 Å². The molecule has 1 aliphatic carbocycles. The van der Waals surface area contributed by atoms with Gasteiger partial charge in [-0.25, -0.2) is 12.7 Å². The van der Waals surface area contributed by atoms with Crippen molar-refractivity contribution in [2.24, 2.45) is 5.92 Å². The molecule has 3 unspecified atom stereocenters. The quantitative estimate of drug-likeness (QED) is 0.303. The van der Waals surface area contributed by atoms with E-state index in [2.05, 4.69) is 16.0 Å². The molecule has 2 aromatic carbocycles. The molecule has 0 heterocycles. The van der Waals surface area contributed by atoms with E-state index in [4.69, 9.17) is 14.2 Å². The van der Waals surface area contributed by atoms with Gasteiger partial charge in [0.05, 0.1) is 38.8 Å². The van der Waals surface area contributed by atoms with E-state index in [1.54, 1.807) is 19.2 Å². The molecule has 0 saturated heterocycles. The molecule has 3 atom stereocenters. The van der Waals surface area contributed by atoms with E-state index in [1.165, 1.54) is 41.3 Å². The van der Waals surface area contributed by atoms with Gasteiger partial charge in [0.15, 0.2) is 11.5 Å². The first kappa shape index (κ1) is 34.6. The van der Waals surface area contributed by atoms with Crippen LogP contribution in [0.15, 0.2) is 29.1 Å². The molecule has 1 aliphatic rings. The molecule has 2 amide bonds. The average Bonchev–Trinajstić information content (AvgIpc) is 3.22. The van der Waals surface area contributed by atoms with Crippen LogP contribution < -0.4 is 35.6 Å². The van der Waals surface area contributed by atoms with Gasteiger partial charge in [0.25, 0.3) is 0 Å². The molecule has 242 valence electrons. The fourth-order valence-corrected chi connectivity index (χ4v) is 6.02. The number of hydrogen-bond acceptors (Lipinski definition) is 9. The van der Waals surface area contributed by atoms with Gasteiger partial charge in [-0.3, -0.25) is 14.4 Å². The second-order valence-electron chi connectivity index (χ2n) is 11.0. The number of aryl methyl sites for hydroxylation is 1. The number of ether oxygens (including phenoxy) is 3. The first-order chi connectivity index (χ1) is 20.8. The lowest BCUT2D eigenvalue weighted by atomic mass is 9.95. The largest absolute Gasteiger partial charge is 0.493 e. The topological polar surface area (TPSA) is 152 Å². The lowest BCUT2D eigenvalue weighted by molar-refractivity contribution is -0.122. The molecule has 12 nitrogen and oxygen atoms in total. The van der Waals surface area contributed by atoms with Gasteiger partial charge in [-0.2, -0.15) is 0 Å². The van der Waals surface area contributed by atoms with Crippen LogP contribution in [0.5, 0.6) is 17.2 Å². The van der Waals surface area contributed by atoms with Crippen LogP contribution in [0.4, 0.5) is 5.69 Å². The number of carbonyl (C=O) groups excluding carboxylic acids is 2. The summed E-state index contributed by atoms with van der Waals surface area (Å²) in [6.07, 6.45) is 1.70. The number of anilines is 1. The fraction of sp³-hybridized carbons (Fsp3) is 0.516. The minimum atomic E-state index is -3.49. The highest BCUT2D eigenvalue weighted by Crippen LogP contribution is 2.50. The lowest BCUT2D eigenvalue weighted by Gasteiger charge is -2.24. The smallest absolute Gasteiger partial charge is 0.242 e. The van der Waals surface area contributed by atoms with Gasteiger partial charge in [0.2, 0.25) is 33.0 Å². The summed E-state index contributed by atoms with van der Waals surface area (Å²) in [7, 11) is 3.96. The summed E-state index contributed by atoms with van der Waals surface area (Å²) >= 11 is 0. The van der Waals surface area contributed by atoms with Crippen molar-refractivity contribution in [2.45, 2.75) is 52.1 Å². The van der Waals surface area contributed by atoms with E-state index in [0.29, 0.717) is 53.2 Å². The minimum absolute atomic E-state index is 0.0741. The number of methoxy groups -OCH3 is 3. The average molecular weight is 633 g/mol. The van der Waals surface area contributed by atoms with Crippen LogP contribution in [0.3, 0.4) is 0 Å². The van der Waals surface area contributed by atoms with Gasteiger partial charge >= 0.3 is 0 Å². The molecule has 0 spiro atoms. The predicted molar refractivity (Wildman–Crippen MR) is 170 cm³/mol. The molecule has 44 heavy (non-hydrogen) atoms. The zero-order chi connectivity index (χ0) is 32.8. The Hall–Kier alpha value is -3.84. The van der Waals surface area contributed by atoms with Crippen LogP contribution in [0.2, 0.25) is 0 Å². The molecule has 3 N–H and O–H groups in total. The third-order valence-corrected chi connectivity index (χ3v) is 9.77. The van der Waals surface area contributed by atoms with Gasteiger partial charge in [-0.05, 0) is 53.6 Å². The predicted octanol–water partition coefficient (Wildman–Crippen LogP) is 2.70. The third-order valence-electron chi connectivity index (χ3n) is 7.94. The number of benzene rings is 1. The monoisotopic (exact) mass is 632 g/mol. The van der Waals surface area contributed by atoms with Gasteiger partial charge in [0.1, 0.15) is 6.04 Å². The van der Waals surface area contributed by atoms with Crippen molar-refractivity contribution in [1.82, 2.24) is 14.9 Å². The first-order valence-corrected chi connectivity index (χ1v) is 16.1. The molecule has 0 saturated carbocycles. The number of fused-ring (bicyclic) bond motifs is 3. The molecule has 13 heteroatoms. The third kappa shape index (κ3) is 7.62. The SMILES string of the molecule is CCC(C)C(Nc1ccc2c(cc1=O)C(NC(C)=O)CCc1cc(OC)c(OC)c(OC)c1-2)C(=O)NCCS(=O)(=O)N(C)C. The Morgan fingerprint density at radius 2 is 1.75 bits per heavy atom. The maximum atomic E-state index is 13.7. The van der Waals surface area contributed by atoms with E-state index < -0.39 is 28.0 Å². The zero-order valence-electron chi connectivity index (χ0n) is 26.7. The van der Waals surface area contributed by atoms with Crippen LogP contribution in [0, 0.1) is 5.92 Å². The van der Waals surface area contributed by atoms with Crippen LogP contribution in [0.1, 0.15) is 50.8 Å². The molecule has 3 rings (SSSR count). The van der Waals surface area contributed by atoms with Gasteiger partial charge in [-0.1, -0.05) is 26.3 Å². The molecule has 0 aliphatic heterocycles.